The van der Waals surface area contributed by atoms with Crippen LogP contribution in [0.5, 0.6) is 0 Å². The molecule has 3 unspecified atom stereocenters. The molecule has 4 atom stereocenters. The Bertz CT molecular complexity index is 2160. The number of anilines is 2. The molecular formula is C42H33N5. The molecule has 2 aromatic heterocycles. The van der Waals surface area contributed by atoms with Crippen LogP contribution in [0.25, 0.3) is 29.5 Å². The highest BCUT2D eigenvalue weighted by Crippen LogP contribution is 2.45. The van der Waals surface area contributed by atoms with Gasteiger partial charge in [0, 0.05) is 18.5 Å². The summed E-state index contributed by atoms with van der Waals surface area (Å²) in [6.45, 7) is 0. The van der Waals surface area contributed by atoms with Crippen molar-refractivity contribution in [2.75, 3.05) is 17.3 Å². The van der Waals surface area contributed by atoms with Gasteiger partial charge in [0.25, 0.3) is 0 Å². The van der Waals surface area contributed by atoms with Gasteiger partial charge in [-0.3, -0.25) is 4.99 Å². The van der Waals surface area contributed by atoms with Crippen LogP contribution >= 0.6 is 0 Å². The molecule has 1 N–H and O–H groups in total. The van der Waals surface area contributed by atoms with Crippen LogP contribution in [0.2, 0.25) is 0 Å². The Morgan fingerprint density at radius 3 is 2.23 bits per heavy atom. The molecule has 0 saturated heterocycles. The summed E-state index contributed by atoms with van der Waals surface area (Å²) in [7, 11) is 2.17. The molecule has 0 spiro atoms. The summed E-state index contributed by atoms with van der Waals surface area (Å²) in [6, 6.07) is 35.9. The SMILES string of the molecule is CN1c2c(ccc3c2NC(c2ccccc2)C=C3)C=CC1c1cccc(C2=NC3c4nc(-c5ccccc5)ccc4C=C[C@@H]3C=C2)n1. The van der Waals surface area contributed by atoms with E-state index in [4.69, 9.17) is 15.0 Å². The van der Waals surface area contributed by atoms with Gasteiger partial charge in [0.1, 0.15) is 6.04 Å². The molecular weight excluding hydrogens is 574 g/mol. The Kier molecular flexibility index (Phi) is 6.56. The number of aromatic nitrogens is 2. The van der Waals surface area contributed by atoms with E-state index in [0.29, 0.717) is 0 Å². The van der Waals surface area contributed by atoms with E-state index in [2.05, 4.69) is 163 Å². The average Bonchev–Trinajstić information content (AvgIpc) is 3.15. The summed E-state index contributed by atoms with van der Waals surface area (Å²) >= 11 is 0. The smallest absolute Gasteiger partial charge is 0.103 e. The van der Waals surface area contributed by atoms with Crippen LogP contribution in [0.3, 0.4) is 0 Å². The summed E-state index contributed by atoms with van der Waals surface area (Å²) in [4.78, 5) is 18.0. The number of likely N-dealkylation sites (N-methyl/N-ethyl adjacent to an activating group) is 1. The predicted molar refractivity (Wildman–Crippen MR) is 193 cm³/mol. The van der Waals surface area contributed by atoms with Crippen molar-refractivity contribution in [1.82, 2.24) is 9.97 Å². The molecule has 5 nitrogen and oxygen atoms in total. The van der Waals surface area contributed by atoms with Gasteiger partial charge in [-0.05, 0) is 46.5 Å². The van der Waals surface area contributed by atoms with Gasteiger partial charge in [0.05, 0.1) is 51.9 Å². The summed E-state index contributed by atoms with van der Waals surface area (Å²) < 4.78 is 0. The summed E-state index contributed by atoms with van der Waals surface area (Å²) in [5, 5.41) is 3.83. The van der Waals surface area contributed by atoms with Crippen molar-refractivity contribution in [2.45, 2.75) is 18.1 Å². The van der Waals surface area contributed by atoms with Crippen LogP contribution < -0.4 is 10.2 Å². The first-order valence-corrected chi connectivity index (χ1v) is 16.3. The molecule has 9 rings (SSSR count). The number of fused-ring (bicyclic) bond motifs is 6. The zero-order valence-corrected chi connectivity index (χ0v) is 26.0. The average molecular weight is 608 g/mol. The zero-order valence-electron chi connectivity index (χ0n) is 26.0. The molecule has 0 fully saturated rings. The van der Waals surface area contributed by atoms with Gasteiger partial charge >= 0.3 is 0 Å². The first-order valence-electron chi connectivity index (χ1n) is 16.3. The third-order valence-electron chi connectivity index (χ3n) is 9.66. The molecule has 0 saturated carbocycles. The van der Waals surface area contributed by atoms with Crippen LogP contribution in [0.1, 0.15) is 57.5 Å². The van der Waals surface area contributed by atoms with E-state index < -0.39 is 0 Å². The van der Waals surface area contributed by atoms with Gasteiger partial charge in [0.15, 0.2) is 0 Å². The Morgan fingerprint density at radius 1 is 0.617 bits per heavy atom. The van der Waals surface area contributed by atoms with Crippen LogP contribution in [-0.4, -0.2) is 22.7 Å². The first kappa shape index (κ1) is 27.5. The molecule has 47 heavy (non-hydrogen) atoms. The predicted octanol–water partition coefficient (Wildman–Crippen LogP) is 9.27. The second-order valence-electron chi connectivity index (χ2n) is 12.5. The Balaban J connectivity index is 1.03. The number of hydrogen-bond acceptors (Lipinski definition) is 5. The second kappa shape index (κ2) is 11.2. The topological polar surface area (TPSA) is 53.4 Å². The number of aliphatic imine (C=N–C) groups is 1. The van der Waals surface area contributed by atoms with Crippen molar-refractivity contribution in [1.29, 1.82) is 0 Å². The van der Waals surface area contributed by atoms with Gasteiger partial charge in [-0.1, -0.05) is 127 Å². The fraction of sp³-hybridized carbons (Fsp3) is 0.119. The molecule has 4 aliphatic rings. The van der Waals surface area contributed by atoms with E-state index in [1.54, 1.807) is 0 Å². The van der Waals surface area contributed by atoms with E-state index in [9.17, 15) is 0 Å². The summed E-state index contributed by atoms with van der Waals surface area (Å²) in [6.07, 6.45) is 17.7. The van der Waals surface area contributed by atoms with Crippen molar-refractivity contribution in [3.8, 4) is 11.3 Å². The molecule has 0 radical (unpaired) electrons. The van der Waals surface area contributed by atoms with Crippen molar-refractivity contribution < 1.29 is 0 Å². The van der Waals surface area contributed by atoms with Gasteiger partial charge in [0.2, 0.25) is 0 Å². The lowest BCUT2D eigenvalue weighted by molar-refractivity contribution is 0.592. The largest absolute Gasteiger partial charge is 0.373 e. The van der Waals surface area contributed by atoms with Crippen molar-refractivity contribution in [3.05, 3.63) is 173 Å². The zero-order chi connectivity index (χ0) is 31.3. The summed E-state index contributed by atoms with van der Waals surface area (Å²) in [5.74, 6) is 0.171. The van der Waals surface area contributed by atoms with Gasteiger partial charge in [-0.2, -0.15) is 0 Å². The van der Waals surface area contributed by atoms with Crippen molar-refractivity contribution >= 4 is 35.3 Å². The minimum Gasteiger partial charge on any atom is -0.373 e. The lowest BCUT2D eigenvalue weighted by Gasteiger charge is -2.36. The molecule has 5 aromatic rings. The quantitative estimate of drug-likeness (QED) is 0.221. The number of hydrogen-bond donors (Lipinski definition) is 1. The maximum absolute atomic E-state index is 5.29. The highest BCUT2D eigenvalue weighted by molar-refractivity contribution is 6.08. The number of dihydropyridines is 1. The standard InChI is InChI=1S/C42H33N5/c1-47-38(26-22-32-18-17-31-20-24-34(45-41(31)42(32)47)28-11-6-3-7-12-28)37-14-8-13-35(43-37)36-25-21-30-16-15-29-19-23-33(27-9-4-2-5-10-27)44-39(29)40(30)46-36/h2-26,30,34,38,40,45H,1H3/t30-,34?,38?,40?/m1/s1. The van der Waals surface area contributed by atoms with E-state index in [1.165, 1.54) is 22.4 Å². The van der Waals surface area contributed by atoms with E-state index >= 15 is 0 Å². The fourth-order valence-electron chi connectivity index (χ4n) is 7.20. The maximum Gasteiger partial charge on any atom is 0.103 e. The number of nitrogens with zero attached hydrogens (tertiary/aromatic N) is 4. The van der Waals surface area contributed by atoms with Gasteiger partial charge in [-0.15, -0.1) is 0 Å². The van der Waals surface area contributed by atoms with Gasteiger partial charge in [-0.25, -0.2) is 9.97 Å². The number of rotatable bonds is 4. The molecule has 3 aromatic carbocycles. The number of pyridine rings is 2. The second-order valence-corrected chi connectivity index (χ2v) is 12.5. The first-order chi connectivity index (χ1) is 23.2. The molecule has 5 heterocycles. The Hall–Kier alpha value is -5.81. The molecule has 226 valence electrons. The van der Waals surface area contributed by atoms with Crippen molar-refractivity contribution in [3.63, 3.8) is 0 Å². The molecule has 5 heteroatoms. The molecule has 1 aliphatic carbocycles. The molecule has 3 aliphatic heterocycles. The number of allylic oxidation sites excluding steroid dienone is 1. The van der Waals surface area contributed by atoms with E-state index in [1.807, 2.05) is 6.07 Å². The van der Waals surface area contributed by atoms with E-state index in [0.717, 1.165) is 45.3 Å². The van der Waals surface area contributed by atoms with Crippen LogP contribution in [-0.2, 0) is 0 Å². The summed E-state index contributed by atoms with van der Waals surface area (Å²) in [5.41, 5.74) is 13.0. The monoisotopic (exact) mass is 607 g/mol. The van der Waals surface area contributed by atoms with Crippen molar-refractivity contribution in [2.24, 2.45) is 10.9 Å². The maximum atomic E-state index is 5.29. The highest BCUT2D eigenvalue weighted by Gasteiger charge is 2.31. The Morgan fingerprint density at radius 2 is 1.36 bits per heavy atom. The number of nitrogens with one attached hydrogen (secondary N) is 1. The third-order valence-corrected chi connectivity index (χ3v) is 9.66. The lowest BCUT2D eigenvalue weighted by atomic mass is 9.85. The fourth-order valence-corrected chi connectivity index (χ4v) is 7.20. The number of benzene rings is 3. The van der Waals surface area contributed by atoms with Crippen LogP contribution in [0.4, 0.5) is 11.4 Å². The van der Waals surface area contributed by atoms with E-state index in [-0.39, 0.29) is 24.0 Å². The van der Waals surface area contributed by atoms with Crippen LogP contribution in [0, 0.1) is 5.92 Å². The Labute approximate surface area is 275 Å². The minimum absolute atomic E-state index is 0.0220. The van der Waals surface area contributed by atoms with Crippen LogP contribution in [0.15, 0.2) is 139 Å². The third kappa shape index (κ3) is 4.83. The highest BCUT2D eigenvalue weighted by atomic mass is 15.2. The lowest BCUT2D eigenvalue weighted by Crippen LogP contribution is -2.28. The minimum atomic E-state index is -0.0866. The molecule has 0 amide bonds. The molecule has 0 bridgehead atoms. The normalized spacial score (nSPS) is 21.6. The van der Waals surface area contributed by atoms with Gasteiger partial charge < -0.3 is 10.2 Å².